The van der Waals surface area contributed by atoms with Crippen LogP contribution in [0.25, 0.3) is 10.8 Å². The molecule has 154 valence electrons. The summed E-state index contributed by atoms with van der Waals surface area (Å²) in [6.45, 7) is 3.15. The van der Waals surface area contributed by atoms with Crippen LogP contribution in [0.1, 0.15) is 22.3 Å². The smallest absolute Gasteiger partial charge is 0.414 e. The Balaban J connectivity index is 0.000000438. The molecule has 29 heavy (non-hydrogen) atoms. The first-order valence-electron chi connectivity index (χ1n) is 9.09. The van der Waals surface area contributed by atoms with E-state index in [9.17, 15) is 0 Å². The standard InChI is InChI=1S/C20H23NOS.C2H2O4/c1-15-11-12-20(23-15)19(13-14-21(2)3)22-18-10-6-8-16-7-4-5-9-17(16)18;3-1(4)2(5)6/h4-12,19H,13-14H2,1-3H3;(H,3,4)(H,5,6). The van der Waals surface area contributed by atoms with E-state index in [-0.39, 0.29) is 6.10 Å². The third kappa shape index (κ3) is 6.89. The molecule has 0 saturated heterocycles. The topological polar surface area (TPSA) is 87.1 Å². The van der Waals surface area contributed by atoms with Gasteiger partial charge in [-0.25, -0.2) is 9.59 Å². The number of hydrogen-bond donors (Lipinski definition) is 2. The van der Waals surface area contributed by atoms with Crippen molar-refractivity contribution >= 4 is 34.0 Å². The minimum Gasteiger partial charge on any atom is -0.484 e. The number of fused-ring (bicyclic) bond motifs is 1. The van der Waals surface area contributed by atoms with Gasteiger partial charge in [-0.05, 0) is 44.6 Å². The van der Waals surface area contributed by atoms with Gasteiger partial charge in [-0.15, -0.1) is 11.3 Å². The average molecular weight is 416 g/mol. The first-order valence-corrected chi connectivity index (χ1v) is 9.91. The second-order valence-corrected chi connectivity index (χ2v) is 8.05. The van der Waals surface area contributed by atoms with E-state index in [4.69, 9.17) is 24.5 Å². The molecule has 6 nitrogen and oxygen atoms in total. The SMILES string of the molecule is Cc1ccc(C(CCN(C)C)Oc2cccc3ccccc23)s1.O=C(O)C(=O)O. The van der Waals surface area contributed by atoms with Gasteiger partial charge in [0.2, 0.25) is 0 Å². The van der Waals surface area contributed by atoms with Crippen molar-refractivity contribution in [3.8, 4) is 5.75 Å². The van der Waals surface area contributed by atoms with Crippen LogP contribution in [0.2, 0.25) is 0 Å². The summed E-state index contributed by atoms with van der Waals surface area (Å²) in [5.74, 6) is -2.68. The summed E-state index contributed by atoms with van der Waals surface area (Å²) >= 11 is 1.83. The Kier molecular flexibility index (Phi) is 8.18. The minimum absolute atomic E-state index is 0.0990. The fraction of sp³-hybridized carbons (Fsp3) is 0.273. The van der Waals surface area contributed by atoms with Crippen LogP contribution in [0.15, 0.2) is 54.6 Å². The second-order valence-electron chi connectivity index (χ2n) is 6.73. The zero-order valence-corrected chi connectivity index (χ0v) is 17.5. The molecule has 3 rings (SSSR count). The van der Waals surface area contributed by atoms with Crippen molar-refractivity contribution in [3.05, 3.63) is 64.4 Å². The first-order chi connectivity index (χ1) is 13.8. The van der Waals surface area contributed by atoms with Gasteiger partial charge in [0, 0.05) is 28.1 Å². The van der Waals surface area contributed by atoms with Gasteiger partial charge in [0.15, 0.2) is 0 Å². The summed E-state index contributed by atoms with van der Waals surface area (Å²) < 4.78 is 6.46. The number of carboxylic acid groups (broad SMARTS) is 2. The van der Waals surface area contributed by atoms with Crippen LogP contribution in [0.5, 0.6) is 5.75 Å². The molecule has 0 amide bonds. The van der Waals surface area contributed by atoms with E-state index in [2.05, 4.69) is 80.5 Å². The van der Waals surface area contributed by atoms with Gasteiger partial charge in [-0.1, -0.05) is 36.4 Å². The van der Waals surface area contributed by atoms with Gasteiger partial charge < -0.3 is 19.8 Å². The van der Waals surface area contributed by atoms with Gasteiger partial charge in [-0.3, -0.25) is 0 Å². The molecule has 1 aromatic heterocycles. The summed E-state index contributed by atoms with van der Waals surface area (Å²) in [7, 11) is 4.21. The van der Waals surface area contributed by atoms with Crippen LogP contribution in [-0.4, -0.2) is 47.7 Å². The van der Waals surface area contributed by atoms with E-state index in [0.29, 0.717) is 0 Å². The summed E-state index contributed by atoms with van der Waals surface area (Å²) in [6.07, 6.45) is 1.08. The van der Waals surface area contributed by atoms with Crippen molar-refractivity contribution in [1.82, 2.24) is 4.90 Å². The van der Waals surface area contributed by atoms with Crippen LogP contribution in [-0.2, 0) is 9.59 Å². The number of hydrogen-bond acceptors (Lipinski definition) is 5. The Labute approximate surface area is 174 Å². The fourth-order valence-electron chi connectivity index (χ4n) is 2.71. The molecule has 0 aliphatic carbocycles. The molecule has 0 saturated carbocycles. The van der Waals surface area contributed by atoms with Crippen LogP contribution >= 0.6 is 11.3 Å². The Morgan fingerprint density at radius 1 is 1.00 bits per heavy atom. The van der Waals surface area contributed by atoms with Crippen molar-refractivity contribution in [1.29, 1.82) is 0 Å². The molecule has 1 atom stereocenters. The Bertz CT molecular complexity index is 949. The summed E-state index contributed by atoms with van der Waals surface area (Å²) in [5.41, 5.74) is 0. The molecular formula is C22H25NO5S. The number of ether oxygens (including phenoxy) is 1. The van der Waals surface area contributed by atoms with E-state index in [1.54, 1.807) is 0 Å². The first kappa shape index (κ1) is 22.4. The van der Waals surface area contributed by atoms with Crippen molar-refractivity contribution in [2.75, 3.05) is 20.6 Å². The molecule has 1 heterocycles. The van der Waals surface area contributed by atoms with Gasteiger partial charge in [0.1, 0.15) is 11.9 Å². The number of carbonyl (C=O) groups is 2. The molecular weight excluding hydrogens is 390 g/mol. The summed E-state index contributed by atoms with van der Waals surface area (Å²) in [5, 5.41) is 17.2. The molecule has 3 aromatic rings. The van der Waals surface area contributed by atoms with Crippen LogP contribution in [0, 0.1) is 6.92 Å². The maximum atomic E-state index is 9.10. The zero-order valence-electron chi connectivity index (χ0n) is 16.7. The highest BCUT2D eigenvalue weighted by molar-refractivity contribution is 7.12. The average Bonchev–Trinajstić information content (AvgIpc) is 3.11. The highest BCUT2D eigenvalue weighted by Crippen LogP contribution is 2.33. The van der Waals surface area contributed by atoms with Gasteiger partial charge in [0.25, 0.3) is 0 Å². The highest BCUT2D eigenvalue weighted by atomic mass is 32.1. The van der Waals surface area contributed by atoms with Gasteiger partial charge >= 0.3 is 11.9 Å². The molecule has 0 radical (unpaired) electrons. The van der Waals surface area contributed by atoms with Crippen molar-refractivity contribution in [3.63, 3.8) is 0 Å². The normalized spacial score (nSPS) is 11.6. The zero-order chi connectivity index (χ0) is 21.4. The Hall–Kier alpha value is -2.90. The number of thiophene rings is 1. The van der Waals surface area contributed by atoms with E-state index >= 15 is 0 Å². The van der Waals surface area contributed by atoms with Crippen molar-refractivity contribution in [2.45, 2.75) is 19.4 Å². The number of rotatable bonds is 6. The predicted molar refractivity (Wildman–Crippen MR) is 115 cm³/mol. The lowest BCUT2D eigenvalue weighted by atomic mass is 10.1. The minimum atomic E-state index is -1.82. The number of nitrogens with zero attached hydrogens (tertiary/aromatic N) is 1. The fourth-order valence-corrected chi connectivity index (χ4v) is 3.65. The Morgan fingerprint density at radius 3 is 2.24 bits per heavy atom. The van der Waals surface area contributed by atoms with E-state index in [0.717, 1.165) is 18.7 Å². The van der Waals surface area contributed by atoms with Gasteiger partial charge in [-0.2, -0.15) is 0 Å². The number of aryl methyl sites for hydroxylation is 1. The predicted octanol–water partition coefficient (Wildman–Crippen LogP) is 4.44. The number of benzene rings is 2. The molecule has 0 aliphatic heterocycles. The second kappa shape index (κ2) is 10.6. The van der Waals surface area contributed by atoms with Crippen LogP contribution < -0.4 is 4.74 Å². The van der Waals surface area contributed by atoms with Crippen molar-refractivity contribution < 1.29 is 24.5 Å². The maximum Gasteiger partial charge on any atom is 0.414 e. The lowest BCUT2D eigenvalue weighted by Crippen LogP contribution is -2.18. The van der Waals surface area contributed by atoms with Crippen molar-refractivity contribution in [2.24, 2.45) is 0 Å². The monoisotopic (exact) mass is 415 g/mol. The third-order valence-electron chi connectivity index (χ3n) is 4.12. The lowest BCUT2D eigenvalue weighted by Gasteiger charge is -2.21. The van der Waals surface area contributed by atoms with E-state index < -0.39 is 11.9 Å². The van der Waals surface area contributed by atoms with Crippen LogP contribution in [0.3, 0.4) is 0 Å². The quantitative estimate of drug-likeness (QED) is 0.579. The largest absolute Gasteiger partial charge is 0.484 e. The van der Waals surface area contributed by atoms with Gasteiger partial charge in [0.05, 0.1) is 0 Å². The van der Waals surface area contributed by atoms with Crippen LogP contribution in [0.4, 0.5) is 0 Å². The molecule has 0 fully saturated rings. The number of carboxylic acids is 2. The molecule has 0 aliphatic rings. The van der Waals surface area contributed by atoms with E-state index in [1.165, 1.54) is 20.5 Å². The van der Waals surface area contributed by atoms with E-state index in [1.807, 2.05) is 11.3 Å². The molecule has 2 N–H and O–H groups in total. The summed E-state index contributed by atoms with van der Waals surface area (Å²) in [4.78, 5) is 23.0. The maximum absolute atomic E-state index is 9.10. The highest BCUT2D eigenvalue weighted by Gasteiger charge is 2.17. The lowest BCUT2D eigenvalue weighted by molar-refractivity contribution is -0.159. The third-order valence-corrected chi connectivity index (χ3v) is 5.21. The molecule has 1 unspecified atom stereocenters. The molecule has 2 aromatic carbocycles. The molecule has 0 spiro atoms. The molecule has 7 heteroatoms. The summed E-state index contributed by atoms with van der Waals surface area (Å²) in [6, 6.07) is 19.1. The Morgan fingerprint density at radius 2 is 1.66 bits per heavy atom. The number of aliphatic carboxylic acids is 2. The molecule has 0 bridgehead atoms.